The molecule has 400 valence electrons. The second-order valence-electron chi connectivity index (χ2n) is 6.49. The molecule has 0 aliphatic carbocycles. The highest BCUT2D eigenvalue weighted by Gasteiger charge is 1.58. The number of rotatable bonds is 10. The predicted octanol–water partition coefficient (Wildman–Crippen LogP) is -4.12. The van der Waals surface area contributed by atoms with Crippen LogP contribution in [0.2, 0.25) is 0 Å². The Morgan fingerprint density at radius 1 is 0.623 bits per heavy atom. The quantitative estimate of drug-likeness (QED) is 0.0561. The van der Waals surface area contributed by atoms with Crippen molar-refractivity contribution in [2.24, 2.45) is 51.6 Å². The smallest absolute Gasteiger partial charge is 0.0936 e. The van der Waals surface area contributed by atoms with Gasteiger partial charge >= 0.3 is 0 Å². The minimum absolute atomic E-state index is 0. The van der Waals surface area contributed by atoms with Crippen LogP contribution in [0.25, 0.3) is 0 Å². The summed E-state index contributed by atoms with van der Waals surface area (Å²) in [5, 5.41) is 69.0. The molecule has 0 aliphatic heterocycles. The second kappa shape index (κ2) is 333. The van der Waals surface area contributed by atoms with Crippen molar-refractivity contribution < 1.29 is 40.1 Å². The molecule has 0 fully saturated rings. The SMILES string of the molecule is CCN.CCNC.CCS.CN.CN.CNC.CNCN.CNCO.COCN.COCS.CSCO.N.N.N=CC=N.NCCN.NCCO.NCO.OCCS.OCS. The zero-order valence-electron chi connectivity index (χ0n) is 40.8. The molecular weight excluding hydrogens is 899 g/mol. The molecule has 36 N–H and O–H groups in total. The molecule has 0 spiro atoms. The second-order valence-corrected chi connectivity index (χ2v) is 8.94. The summed E-state index contributed by atoms with van der Waals surface area (Å²) in [5.74, 6) is 2.21. The molecule has 0 amide bonds. The van der Waals surface area contributed by atoms with Crippen molar-refractivity contribution in [3.8, 4) is 0 Å². The lowest BCUT2D eigenvalue weighted by Crippen LogP contribution is -2.15. The van der Waals surface area contributed by atoms with Gasteiger partial charge in [-0.25, -0.2) is 0 Å². The summed E-state index contributed by atoms with van der Waals surface area (Å²) in [6, 6.07) is 0. The summed E-state index contributed by atoms with van der Waals surface area (Å²) in [6.45, 7) is 10.3. The fraction of sp³-hybridized carbons (Fsp3) is 0.935. The van der Waals surface area contributed by atoms with Crippen molar-refractivity contribution >= 4 is 74.7 Å². The first kappa shape index (κ1) is 125. The number of thioether (sulfide) groups is 1. The molecule has 0 radical (unpaired) electrons. The van der Waals surface area contributed by atoms with Gasteiger partial charge in [0.15, 0.2) is 0 Å². The van der Waals surface area contributed by atoms with Crippen LogP contribution >= 0.6 is 62.3 Å². The van der Waals surface area contributed by atoms with Gasteiger partial charge in [-0.15, -0.1) is 11.8 Å². The number of nitrogens with one attached hydrogen (secondary N) is 6. The van der Waals surface area contributed by atoms with Gasteiger partial charge in [0.2, 0.25) is 0 Å². The molecular formula is C31H113N17O8S5. The number of aliphatic hydroxyl groups excluding tert-OH is 6. The van der Waals surface area contributed by atoms with Crippen LogP contribution in [0.3, 0.4) is 0 Å². The lowest BCUT2D eigenvalue weighted by Gasteiger charge is -1.77. The lowest BCUT2D eigenvalue weighted by atomic mass is 10.7. The summed E-state index contributed by atoms with van der Waals surface area (Å²) in [5.41, 5.74) is 42.6. The molecule has 0 aliphatic rings. The van der Waals surface area contributed by atoms with E-state index in [1.165, 1.54) is 25.9 Å². The third-order valence-electron chi connectivity index (χ3n) is 1.62. The molecule has 25 nitrogen and oxygen atoms in total. The fourth-order valence-corrected chi connectivity index (χ4v) is 0. The molecule has 0 rings (SSSR count). The van der Waals surface area contributed by atoms with Gasteiger partial charge in [0.1, 0.15) is 0 Å². The van der Waals surface area contributed by atoms with E-state index >= 15 is 0 Å². The highest BCUT2D eigenvalue weighted by molar-refractivity contribution is 7.98. The molecule has 0 bridgehead atoms. The molecule has 0 saturated carbocycles. The Bertz CT molecular complexity index is 288. The van der Waals surface area contributed by atoms with Gasteiger partial charge in [-0.3, -0.25) is 5.32 Å². The van der Waals surface area contributed by atoms with Crippen LogP contribution in [-0.2, 0) is 9.47 Å². The standard InChI is InChI=1S/C3H9N.2C2H8N2.C2H4N2.3C2H7NO.2C2H7N.3C2H6OS.C2H6S.CH5NO.2CH5N.CH4OS.2H3N/c1-3-4-2;1-4-2-3;2*3-1-2-4;1-4-2-3;1-3-2-4;3-1-2-4;1-3-2;1-2-3;1-4-2-3;1-3-2-4;3-1-2-4;1-2-3;2-1-3;2*1-2;2-1-3;;/h4H,3H2,1-2H3;4H,2-3H2,1H3;1-4H2;1-4H;2-3H2,1H3;3-4H,2H2,1H3;4H,1-3H2;3H,1-2H3;2-3H2,1H3;3H,2H2,1H3;4H,2H2,1H3;3-4H,1-2H2;3H,2H2,1H3;3H,1-2H2;2*2H2,1H3;2-3H,1H2;2*1H3. The molecule has 0 unspecified atom stereocenters. The van der Waals surface area contributed by atoms with Gasteiger partial charge in [0, 0.05) is 58.7 Å². The Kier molecular flexibility index (Phi) is 679. The van der Waals surface area contributed by atoms with Crippen molar-refractivity contribution in [1.82, 2.24) is 33.6 Å². The molecule has 0 aromatic heterocycles. The Labute approximate surface area is 401 Å². The van der Waals surface area contributed by atoms with Crippen molar-refractivity contribution in [2.75, 3.05) is 172 Å². The highest BCUT2D eigenvalue weighted by atomic mass is 32.2. The van der Waals surface area contributed by atoms with Crippen LogP contribution in [0, 0.1) is 10.8 Å². The van der Waals surface area contributed by atoms with E-state index in [0.29, 0.717) is 44.7 Å². The Hall–Kier alpha value is 0.170. The van der Waals surface area contributed by atoms with Crippen molar-refractivity contribution in [3.63, 3.8) is 0 Å². The summed E-state index contributed by atoms with van der Waals surface area (Å²) in [4.78, 5) is 0. The summed E-state index contributed by atoms with van der Waals surface area (Å²) < 4.78 is 8.73. The maximum absolute atomic E-state index is 7.84. The van der Waals surface area contributed by atoms with Gasteiger partial charge in [0.25, 0.3) is 0 Å². The molecule has 0 aromatic carbocycles. The largest absolute Gasteiger partial charge is 0.396 e. The van der Waals surface area contributed by atoms with Crippen molar-refractivity contribution in [3.05, 3.63) is 0 Å². The van der Waals surface area contributed by atoms with Gasteiger partial charge < -0.3 is 131 Å². The molecule has 0 aromatic rings. The summed E-state index contributed by atoms with van der Waals surface area (Å²) in [7, 11) is 15.3. The lowest BCUT2D eigenvalue weighted by molar-refractivity contribution is 0.207. The Balaban J connectivity index is -0.0000000181. The number of hydrogen-bond acceptors (Lipinski definition) is 30. The van der Waals surface area contributed by atoms with Crippen LogP contribution < -0.4 is 85.2 Å². The van der Waals surface area contributed by atoms with E-state index in [-0.39, 0.29) is 50.9 Å². The molecule has 0 atom stereocenters. The first-order valence-corrected chi connectivity index (χ1v) is 21.3. The van der Waals surface area contributed by atoms with E-state index in [2.05, 4.69) is 105 Å². The van der Waals surface area contributed by atoms with Crippen LogP contribution in [0.5, 0.6) is 0 Å². The molecule has 61 heavy (non-hydrogen) atoms. The van der Waals surface area contributed by atoms with E-state index < -0.39 is 0 Å². The normalized spacial score (nSPS) is 6.43. The average molecular weight is 1010 g/mol. The average Bonchev–Trinajstić information content (AvgIpc) is 3.29. The van der Waals surface area contributed by atoms with Gasteiger partial charge in [-0.2, -0.15) is 50.5 Å². The number of aliphatic hydroxyl groups is 6. The van der Waals surface area contributed by atoms with Crippen molar-refractivity contribution in [2.45, 2.75) is 20.8 Å². The topological polar surface area (TPSA) is 540 Å². The highest BCUT2D eigenvalue weighted by Crippen LogP contribution is 1.80. The zero-order chi connectivity index (χ0) is 51.7. The van der Waals surface area contributed by atoms with Gasteiger partial charge in [-0.1, -0.05) is 20.8 Å². The first-order valence-electron chi connectivity index (χ1n) is 17.4. The van der Waals surface area contributed by atoms with Crippen molar-refractivity contribution in [1.29, 1.82) is 10.8 Å². The Morgan fingerprint density at radius 3 is 0.787 bits per heavy atom. The van der Waals surface area contributed by atoms with Crippen LogP contribution in [0.4, 0.5) is 0 Å². The van der Waals surface area contributed by atoms with Crippen LogP contribution in [0.15, 0.2) is 0 Å². The maximum atomic E-state index is 7.84. The third kappa shape index (κ3) is 1970. The minimum atomic E-state index is -0.250. The summed E-state index contributed by atoms with van der Waals surface area (Å²) >= 11 is 15.9. The van der Waals surface area contributed by atoms with E-state index in [0.717, 1.165) is 31.3 Å². The number of ether oxygens (including phenoxy) is 2. The van der Waals surface area contributed by atoms with Gasteiger partial charge in [0.05, 0.1) is 51.2 Å². The summed E-state index contributed by atoms with van der Waals surface area (Å²) in [6.07, 6.45) is 3.68. The Morgan fingerprint density at radius 2 is 0.787 bits per heavy atom. The van der Waals surface area contributed by atoms with E-state index in [1.54, 1.807) is 28.3 Å². The first-order chi connectivity index (χ1) is 28.2. The molecule has 0 heterocycles. The molecule has 30 heteroatoms. The zero-order valence-corrected chi connectivity index (χ0v) is 45.2. The number of thiol groups is 4. The van der Waals surface area contributed by atoms with Gasteiger partial charge in [-0.05, 0) is 74.4 Å². The number of methoxy groups -OCH3 is 2. The van der Waals surface area contributed by atoms with E-state index in [9.17, 15) is 0 Å². The molecule has 0 saturated heterocycles. The van der Waals surface area contributed by atoms with E-state index in [4.69, 9.17) is 75.9 Å². The fourth-order valence-electron chi connectivity index (χ4n) is 0. The number of nitrogens with two attached hydrogens (primary N) is 9. The predicted molar refractivity (Wildman–Crippen MR) is 291 cm³/mol. The minimum Gasteiger partial charge on any atom is -0.396 e. The van der Waals surface area contributed by atoms with Crippen LogP contribution in [-0.4, -0.2) is 215 Å². The third-order valence-corrected chi connectivity index (χ3v) is 2.34. The monoisotopic (exact) mass is 1010 g/mol. The number of hydrogen-bond donors (Lipinski definition) is 27. The van der Waals surface area contributed by atoms with Crippen LogP contribution in [0.1, 0.15) is 20.8 Å². The van der Waals surface area contributed by atoms with E-state index in [1.807, 2.05) is 41.2 Å². The maximum Gasteiger partial charge on any atom is 0.0936 e.